The summed E-state index contributed by atoms with van der Waals surface area (Å²) in [5.41, 5.74) is 0. The number of alkyl halides is 30. The van der Waals surface area contributed by atoms with Gasteiger partial charge in [-0.05, 0) is 0 Å². The smallest absolute Gasteiger partial charge is 0.381 e. The highest BCUT2D eigenvalue weighted by Crippen LogP contribution is 2.65. The van der Waals surface area contributed by atoms with Gasteiger partial charge in [0.25, 0.3) is 0 Å². The number of ether oxygens (including phenoxy) is 1. The molecule has 0 N–H and O–H groups in total. The molecule has 0 aromatic carbocycles. The average molecular weight is 810 g/mol. The standard InChI is InChI=1S/C18H8F30O/c19-5(20,7(23,24)9(27,28)11(31,32)12(33,34)14(37,38)16(41,42)18(46,47)48)1-3-49-4-2-6(21,22)8(25,26)10(29,30)13(35,36)15(39,40)17(43,44)45/h1-4H2. The highest BCUT2D eigenvalue weighted by Gasteiger charge is 2.95. The summed E-state index contributed by atoms with van der Waals surface area (Å²) in [6, 6.07) is 0. The first-order valence-corrected chi connectivity index (χ1v) is 11.0. The van der Waals surface area contributed by atoms with Gasteiger partial charge in [-0.3, -0.25) is 0 Å². The van der Waals surface area contributed by atoms with Crippen LogP contribution in [-0.4, -0.2) is 96.6 Å². The predicted molar refractivity (Wildman–Crippen MR) is 91.5 cm³/mol. The Morgan fingerprint density at radius 1 is 0.224 bits per heavy atom. The fourth-order valence-electron chi connectivity index (χ4n) is 2.82. The van der Waals surface area contributed by atoms with Crippen LogP contribution in [0.3, 0.4) is 0 Å². The van der Waals surface area contributed by atoms with Gasteiger partial charge < -0.3 is 4.74 Å². The lowest BCUT2D eigenvalue weighted by atomic mass is 9.88. The third kappa shape index (κ3) is 6.57. The molecule has 0 fully saturated rings. The molecule has 0 unspecified atom stereocenters. The van der Waals surface area contributed by atoms with E-state index in [4.69, 9.17) is 0 Å². The zero-order chi connectivity index (χ0) is 40.5. The third-order valence-electron chi connectivity index (χ3n) is 5.91. The van der Waals surface area contributed by atoms with Crippen LogP contribution in [-0.2, 0) is 4.74 Å². The minimum atomic E-state index is -9.02. The molecule has 296 valence electrons. The van der Waals surface area contributed by atoms with Crippen LogP contribution in [0.15, 0.2) is 0 Å². The van der Waals surface area contributed by atoms with Crippen LogP contribution >= 0.6 is 0 Å². The fraction of sp³-hybridized carbons (Fsp3) is 1.00. The Hall–Kier alpha value is -2.14. The molecule has 0 amide bonds. The molecule has 0 saturated carbocycles. The van der Waals surface area contributed by atoms with Crippen LogP contribution < -0.4 is 0 Å². The van der Waals surface area contributed by atoms with E-state index >= 15 is 0 Å². The highest BCUT2D eigenvalue weighted by molar-refractivity contribution is 5.15. The van der Waals surface area contributed by atoms with Crippen molar-refractivity contribution in [2.45, 2.75) is 96.3 Å². The monoisotopic (exact) mass is 810 g/mol. The summed E-state index contributed by atoms with van der Waals surface area (Å²) in [4.78, 5) is 0. The van der Waals surface area contributed by atoms with E-state index in [0.717, 1.165) is 0 Å². The molecular weight excluding hydrogens is 802 g/mol. The van der Waals surface area contributed by atoms with Gasteiger partial charge in [-0.25, -0.2) is 0 Å². The summed E-state index contributed by atoms with van der Waals surface area (Å²) in [5, 5.41) is 0. The third-order valence-corrected chi connectivity index (χ3v) is 5.91. The van der Waals surface area contributed by atoms with E-state index in [9.17, 15) is 132 Å². The van der Waals surface area contributed by atoms with E-state index in [1.54, 1.807) is 0 Å². The minimum absolute atomic E-state index is 2.73. The fourth-order valence-corrected chi connectivity index (χ4v) is 2.82. The molecule has 0 bridgehead atoms. The van der Waals surface area contributed by atoms with Crippen molar-refractivity contribution in [3.8, 4) is 0 Å². The zero-order valence-corrected chi connectivity index (χ0v) is 21.6. The van der Waals surface area contributed by atoms with E-state index in [2.05, 4.69) is 4.74 Å². The van der Waals surface area contributed by atoms with E-state index in [-0.39, 0.29) is 0 Å². The Kier molecular flexibility index (Phi) is 11.7. The van der Waals surface area contributed by atoms with Gasteiger partial charge in [0.15, 0.2) is 0 Å². The number of halogens is 30. The van der Waals surface area contributed by atoms with Crippen LogP contribution in [0.5, 0.6) is 0 Å². The average Bonchev–Trinajstić information content (AvgIpc) is 2.85. The van der Waals surface area contributed by atoms with E-state index in [1.165, 1.54) is 0 Å². The van der Waals surface area contributed by atoms with Gasteiger partial charge in [0.1, 0.15) is 0 Å². The van der Waals surface area contributed by atoms with E-state index < -0.39 is 109 Å². The maximum atomic E-state index is 13.7. The Morgan fingerprint density at radius 3 is 0.571 bits per heavy atom. The summed E-state index contributed by atoms with van der Waals surface area (Å²) in [6.45, 7) is -5.52. The molecule has 0 aliphatic heterocycles. The Labute approximate surface area is 247 Å². The molecule has 0 aliphatic rings. The second-order valence-electron chi connectivity index (χ2n) is 9.26. The van der Waals surface area contributed by atoms with Crippen molar-refractivity contribution in [3.63, 3.8) is 0 Å². The Balaban J connectivity index is 6.12. The lowest BCUT2D eigenvalue weighted by Crippen LogP contribution is -2.74. The number of rotatable bonds is 16. The van der Waals surface area contributed by atoms with Crippen LogP contribution in [0.2, 0.25) is 0 Å². The SMILES string of the molecule is FC(F)(F)C(F)(F)C(F)(F)C(F)(F)C(F)(F)C(F)(F)CCOCCC(F)(F)C(F)(F)C(F)(F)C(F)(F)C(F)(F)C(F)(F)C(F)(F)C(F)(F)F. The Bertz CT molecular complexity index is 1140. The number of hydrogen-bond acceptors (Lipinski definition) is 1. The van der Waals surface area contributed by atoms with E-state index in [0.29, 0.717) is 0 Å². The van der Waals surface area contributed by atoms with Crippen molar-refractivity contribution in [1.82, 2.24) is 0 Å². The quantitative estimate of drug-likeness (QED) is 0.111. The van der Waals surface area contributed by atoms with Gasteiger partial charge in [0.2, 0.25) is 0 Å². The van der Waals surface area contributed by atoms with Crippen molar-refractivity contribution < 1.29 is 136 Å². The molecular formula is C18H8F30O. The van der Waals surface area contributed by atoms with Gasteiger partial charge in [-0.2, -0.15) is 132 Å². The minimum Gasteiger partial charge on any atom is -0.381 e. The van der Waals surface area contributed by atoms with Crippen LogP contribution in [0.25, 0.3) is 0 Å². The van der Waals surface area contributed by atoms with Crippen molar-refractivity contribution in [3.05, 3.63) is 0 Å². The van der Waals surface area contributed by atoms with Gasteiger partial charge in [0.05, 0.1) is 13.2 Å². The summed E-state index contributed by atoms with van der Waals surface area (Å²) >= 11 is 0. The first-order valence-electron chi connectivity index (χ1n) is 11.0. The molecule has 0 rings (SSSR count). The maximum Gasteiger partial charge on any atom is 0.460 e. The first-order chi connectivity index (χ1) is 20.7. The van der Waals surface area contributed by atoms with Crippen molar-refractivity contribution in [2.75, 3.05) is 13.2 Å². The molecule has 0 aliphatic carbocycles. The molecule has 49 heavy (non-hydrogen) atoms. The van der Waals surface area contributed by atoms with Gasteiger partial charge in [-0.1, -0.05) is 0 Å². The summed E-state index contributed by atoms with van der Waals surface area (Å²) < 4.78 is 395. The summed E-state index contributed by atoms with van der Waals surface area (Å²) in [5.74, 6) is -99.7. The molecule has 0 heterocycles. The summed E-state index contributed by atoms with van der Waals surface area (Å²) in [7, 11) is 0. The molecule has 0 radical (unpaired) electrons. The normalized spacial score (nSPS) is 16.8. The molecule has 0 saturated heterocycles. The Morgan fingerprint density at radius 2 is 0.388 bits per heavy atom. The molecule has 0 aromatic rings. The molecule has 1 nitrogen and oxygen atoms in total. The second kappa shape index (κ2) is 12.2. The summed E-state index contributed by atoms with van der Waals surface area (Å²) in [6.07, 6.45) is -22.8. The van der Waals surface area contributed by atoms with Crippen molar-refractivity contribution in [2.24, 2.45) is 0 Å². The van der Waals surface area contributed by atoms with Crippen molar-refractivity contribution >= 4 is 0 Å². The van der Waals surface area contributed by atoms with Crippen LogP contribution in [0, 0.1) is 0 Å². The van der Waals surface area contributed by atoms with Gasteiger partial charge in [-0.15, -0.1) is 0 Å². The molecule has 0 atom stereocenters. The maximum absolute atomic E-state index is 13.7. The topological polar surface area (TPSA) is 9.23 Å². The largest absolute Gasteiger partial charge is 0.460 e. The highest BCUT2D eigenvalue weighted by atomic mass is 19.4. The lowest BCUT2D eigenvalue weighted by molar-refractivity contribution is -0.462. The molecule has 0 aromatic heterocycles. The molecule has 31 heteroatoms. The predicted octanol–water partition coefficient (Wildman–Crippen LogP) is 10.5. The van der Waals surface area contributed by atoms with Crippen LogP contribution in [0.4, 0.5) is 132 Å². The number of hydrogen-bond donors (Lipinski definition) is 0. The van der Waals surface area contributed by atoms with E-state index in [1.807, 2.05) is 0 Å². The second-order valence-corrected chi connectivity index (χ2v) is 9.26. The lowest BCUT2D eigenvalue weighted by Gasteiger charge is -2.42. The van der Waals surface area contributed by atoms with Gasteiger partial charge >= 0.3 is 83.4 Å². The molecule has 0 spiro atoms. The first kappa shape index (κ1) is 46.9. The van der Waals surface area contributed by atoms with Gasteiger partial charge in [0, 0.05) is 12.8 Å². The van der Waals surface area contributed by atoms with Crippen LogP contribution in [0.1, 0.15) is 12.8 Å². The van der Waals surface area contributed by atoms with Crippen molar-refractivity contribution in [1.29, 1.82) is 0 Å². The zero-order valence-electron chi connectivity index (χ0n) is 21.6.